The standard InChI is InChI=1S/C19H16N2O2/c22-18-8-4-7-17(21-18)19(23)20-13-14-9-11-16(12-10-14)15-5-2-1-3-6-15/h1-12H,13H2,(H,20,23)(H,21,22). The van der Waals surface area contributed by atoms with Crippen molar-refractivity contribution in [1.29, 1.82) is 0 Å². The largest absolute Gasteiger partial charge is 0.347 e. The molecule has 2 N–H and O–H groups in total. The Balaban J connectivity index is 1.65. The highest BCUT2D eigenvalue weighted by molar-refractivity contribution is 5.92. The number of rotatable bonds is 4. The molecule has 0 atom stereocenters. The first-order valence-electron chi connectivity index (χ1n) is 7.34. The van der Waals surface area contributed by atoms with Crippen LogP contribution in [-0.4, -0.2) is 10.9 Å². The summed E-state index contributed by atoms with van der Waals surface area (Å²) in [6, 6.07) is 22.6. The van der Waals surface area contributed by atoms with Gasteiger partial charge in [0.25, 0.3) is 5.91 Å². The van der Waals surface area contributed by atoms with E-state index in [1.807, 2.05) is 42.5 Å². The molecule has 0 radical (unpaired) electrons. The van der Waals surface area contributed by atoms with Crippen molar-refractivity contribution in [1.82, 2.24) is 10.3 Å². The quantitative estimate of drug-likeness (QED) is 0.778. The number of nitrogens with one attached hydrogen (secondary N) is 2. The van der Waals surface area contributed by atoms with Gasteiger partial charge in [-0.05, 0) is 22.8 Å². The lowest BCUT2D eigenvalue weighted by Crippen LogP contribution is -2.25. The van der Waals surface area contributed by atoms with Crippen LogP contribution in [0.15, 0.2) is 77.6 Å². The van der Waals surface area contributed by atoms with E-state index in [1.54, 1.807) is 12.1 Å². The van der Waals surface area contributed by atoms with Crippen LogP contribution in [0.2, 0.25) is 0 Å². The van der Waals surface area contributed by atoms with Crippen LogP contribution in [0.3, 0.4) is 0 Å². The summed E-state index contributed by atoms with van der Waals surface area (Å²) in [5, 5.41) is 2.79. The van der Waals surface area contributed by atoms with Gasteiger partial charge in [-0.25, -0.2) is 0 Å². The average molecular weight is 304 g/mol. The molecule has 1 aromatic heterocycles. The van der Waals surface area contributed by atoms with E-state index < -0.39 is 0 Å². The zero-order valence-corrected chi connectivity index (χ0v) is 12.5. The number of pyridine rings is 1. The van der Waals surface area contributed by atoms with Crippen molar-refractivity contribution >= 4 is 5.91 Å². The molecule has 2 aromatic carbocycles. The summed E-state index contributed by atoms with van der Waals surface area (Å²) < 4.78 is 0. The average Bonchev–Trinajstić information content (AvgIpc) is 2.61. The highest BCUT2D eigenvalue weighted by Crippen LogP contribution is 2.19. The van der Waals surface area contributed by atoms with Gasteiger partial charge in [0.2, 0.25) is 5.56 Å². The zero-order chi connectivity index (χ0) is 16.1. The van der Waals surface area contributed by atoms with Crippen LogP contribution in [0.1, 0.15) is 16.1 Å². The first kappa shape index (κ1) is 14.8. The SMILES string of the molecule is O=C(NCc1ccc(-c2ccccc2)cc1)c1cccc(=O)[nH]1. The predicted molar refractivity (Wildman–Crippen MR) is 90.1 cm³/mol. The maximum atomic E-state index is 12.0. The Morgan fingerprint density at radius 2 is 1.52 bits per heavy atom. The van der Waals surface area contributed by atoms with E-state index in [2.05, 4.69) is 22.4 Å². The van der Waals surface area contributed by atoms with Gasteiger partial charge in [0.15, 0.2) is 0 Å². The summed E-state index contributed by atoms with van der Waals surface area (Å²) in [6.07, 6.45) is 0. The van der Waals surface area contributed by atoms with Gasteiger partial charge in [-0.2, -0.15) is 0 Å². The minimum atomic E-state index is -0.296. The molecule has 4 nitrogen and oxygen atoms in total. The Kier molecular flexibility index (Phi) is 4.34. The highest BCUT2D eigenvalue weighted by atomic mass is 16.2. The van der Waals surface area contributed by atoms with Crippen LogP contribution < -0.4 is 10.9 Å². The van der Waals surface area contributed by atoms with Crippen LogP contribution in [0, 0.1) is 0 Å². The molecule has 1 amide bonds. The number of benzene rings is 2. The number of hydrogen-bond donors (Lipinski definition) is 2. The van der Waals surface area contributed by atoms with E-state index in [1.165, 1.54) is 6.07 Å². The van der Waals surface area contributed by atoms with Crippen LogP contribution in [0.4, 0.5) is 0 Å². The fourth-order valence-electron chi connectivity index (χ4n) is 2.30. The van der Waals surface area contributed by atoms with Crippen LogP contribution >= 0.6 is 0 Å². The fraction of sp³-hybridized carbons (Fsp3) is 0.0526. The second kappa shape index (κ2) is 6.75. The molecular weight excluding hydrogens is 288 g/mol. The lowest BCUT2D eigenvalue weighted by Gasteiger charge is -2.07. The van der Waals surface area contributed by atoms with Gasteiger partial charge in [0.05, 0.1) is 0 Å². The maximum Gasteiger partial charge on any atom is 0.268 e. The molecular formula is C19H16N2O2. The third-order valence-corrected chi connectivity index (χ3v) is 3.53. The molecule has 3 aromatic rings. The van der Waals surface area contributed by atoms with E-state index in [0.717, 1.165) is 16.7 Å². The molecule has 0 aliphatic heterocycles. The van der Waals surface area contributed by atoms with Crippen LogP contribution in [-0.2, 0) is 6.54 Å². The van der Waals surface area contributed by atoms with Gasteiger partial charge < -0.3 is 10.3 Å². The molecule has 0 bridgehead atoms. The third-order valence-electron chi connectivity index (χ3n) is 3.53. The van der Waals surface area contributed by atoms with Crippen molar-refractivity contribution in [3.63, 3.8) is 0 Å². The molecule has 114 valence electrons. The van der Waals surface area contributed by atoms with Gasteiger partial charge in [-0.15, -0.1) is 0 Å². The minimum Gasteiger partial charge on any atom is -0.347 e. The second-order valence-electron chi connectivity index (χ2n) is 5.17. The molecule has 0 spiro atoms. The third kappa shape index (κ3) is 3.74. The zero-order valence-electron chi connectivity index (χ0n) is 12.5. The Bertz CT molecular complexity index is 852. The molecule has 0 fully saturated rings. The Morgan fingerprint density at radius 3 is 2.22 bits per heavy atom. The number of carbonyl (C=O) groups is 1. The molecule has 0 unspecified atom stereocenters. The van der Waals surface area contributed by atoms with Gasteiger partial charge in [0.1, 0.15) is 5.69 Å². The van der Waals surface area contributed by atoms with Gasteiger partial charge in [-0.1, -0.05) is 60.7 Å². The molecule has 1 heterocycles. The molecule has 4 heteroatoms. The van der Waals surface area contributed by atoms with Crippen molar-refractivity contribution in [2.45, 2.75) is 6.54 Å². The van der Waals surface area contributed by atoms with E-state index in [9.17, 15) is 9.59 Å². The predicted octanol–water partition coefficient (Wildman–Crippen LogP) is 2.97. The lowest BCUT2D eigenvalue weighted by atomic mass is 10.0. The summed E-state index contributed by atoms with van der Waals surface area (Å²) in [5.74, 6) is -0.296. The van der Waals surface area contributed by atoms with E-state index in [0.29, 0.717) is 6.54 Å². The number of aromatic amines is 1. The summed E-state index contributed by atoms with van der Waals surface area (Å²) in [6.45, 7) is 0.408. The fourth-order valence-corrected chi connectivity index (χ4v) is 2.30. The highest BCUT2D eigenvalue weighted by Gasteiger charge is 2.05. The van der Waals surface area contributed by atoms with Gasteiger partial charge in [0, 0.05) is 12.6 Å². The summed E-state index contributed by atoms with van der Waals surface area (Å²) in [5.41, 5.74) is 3.26. The Morgan fingerprint density at radius 1 is 0.826 bits per heavy atom. The topological polar surface area (TPSA) is 62.0 Å². The van der Waals surface area contributed by atoms with Crippen molar-refractivity contribution in [3.05, 3.63) is 94.4 Å². The molecule has 0 aliphatic rings. The molecule has 23 heavy (non-hydrogen) atoms. The van der Waals surface area contributed by atoms with E-state index >= 15 is 0 Å². The first-order valence-corrected chi connectivity index (χ1v) is 7.34. The Labute approximate surface area is 133 Å². The van der Waals surface area contributed by atoms with Crippen molar-refractivity contribution in [3.8, 4) is 11.1 Å². The molecule has 3 rings (SSSR count). The molecule has 0 aliphatic carbocycles. The smallest absolute Gasteiger partial charge is 0.268 e. The number of H-pyrrole nitrogens is 1. The lowest BCUT2D eigenvalue weighted by molar-refractivity contribution is 0.0945. The monoisotopic (exact) mass is 304 g/mol. The normalized spacial score (nSPS) is 10.3. The summed E-state index contributed by atoms with van der Waals surface area (Å²) in [7, 11) is 0. The van der Waals surface area contributed by atoms with Crippen LogP contribution in [0.5, 0.6) is 0 Å². The molecule has 0 saturated carbocycles. The molecule has 0 saturated heterocycles. The maximum absolute atomic E-state index is 12.0. The van der Waals surface area contributed by atoms with E-state index in [-0.39, 0.29) is 17.2 Å². The van der Waals surface area contributed by atoms with Crippen molar-refractivity contribution in [2.24, 2.45) is 0 Å². The number of carbonyl (C=O) groups excluding carboxylic acids is 1. The van der Waals surface area contributed by atoms with Gasteiger partial charge >= 0.3 is 0 Å². The summed E-state index contributed by atoms with van der Waals surface area (Å²) in [4.78, 5) is 25.7. The van der Waals surface area contributed by atoms with Gasteiger partial charge in [-0.3, -0.25) is 9.59 Å². The van der Waals surface area contributed by atoms with Crippen molar-refractivity contribution < 1.29 is 4.79 Å². The second-order valence-corrected chi connectivity index (χ2v) is 5.17. The Hall–Kier alpha value is -3.14. The van der Waals surface area contributed by atoms with E-state index in [4.69, 9.17) is 0 Å². The number of hydrogen-bond acceptors (Lipinski definition) is 2. The number of aromatic nitrogens is 1. The summed E-state index contributed by atoms with van der Waals surface area (Å²) >= 11 is 0. The minimum absolute atomic E-state index is 0.262. The first-order chi connectivity index (χ1) is 11.2. The number of amides is 1. The van der Waals surface area contributed by atoms with Crippen molar-refractivity contribution in [2.75, 3.05) is 0 Å². The van der Waals surface area contributed by atoms with Crippen LogP contribution in [0.25, 0.3) is 11.1 Å².